The molecule has 3 atom stereocenters. The lowest BCUT2D eigenvalue weighted by atomic mass is 9.99. The minimum Gasteiger partial charge on any atom is -0.469 e. The minimum atomic E-state index is -0.122. The fourth-order valence-corrected chi connectivity index (χ4v) is 2.50. The van der Waals surface area contributed by atoms with Gasteiger partial charge in [0, 0.05) is 31.9 Å². The SMILES string of the molecule is CN=C(NCC(C)SC)N1CC(C)C(C(=O)OC)C1. The number of guanidine groups is 1. The van der Waals surface area contributed by atoms with Gasteiger partial charge in [0.2, 0.25) is 0 Å². The molecule has 0 aromatic carbocycles. The number of nitrogens with one attached hydrogen (secondary N) is 1. The highest BCUT2D eigenvalue weighted by atomic mass is 32.2. The number of thioether (sulfide) groups is 1. The second-order valence-electron chi connectivity index (χ2n) is 4.99. The Kier molecular flexibility index (Phi) is 6.48. The average molecular weight is 287 g/mol. The van der Waals surface area contributed by atoms with E-state index in [-0.39, 0.29) is 11.9 Å². The van der Waals surface area contributed by atoms with Crippen molar-refractivity contribution >= 4 is 23.7 Å². The normalized spacial score (nSPS) is 25.3. The van der Waals surface area contributed by atoms with Crippen LogP contribution < -0.4 is 5.32 Å². The Morgan fingerprint density at radius 1 is 1.58 bits per heavy atom. The zero-order valence-electron chi connectivity index (χ0n) is 12.5. The Bertz CT molecular complexity index is 336. The van der Waals surface area contributed by atoms with Gasteiger partial charge in [0.25, 0.3) is 0 Å². The zero-order valence-corrected chi connectivity index (χ0v) is 13.3. The van der Waals surface area contributed by atoms with Crippen LogP contribution in [0.15, 0.2) is 4.99 Å². The van der Waals surface area contributed by atoms with Gasteiger partial charge >= 0.3 is 5.97 Å². The summed E-state index contributed by atoms with van der Waals surface area (Å²) in [6.45, 7) is 6.66. The van der Waals surface area contributed by atoms with Crippen molar-refractivity contribution in [1.82, 2.24) is 10.2 Å². The molecule has 0 aromatic rings. The molecule has 3 unspecified atom stereocenters. The molecular weight excluding hydrogens is 262 g/mol. The molecule has 1 rings (SSSR count). The summed E-state index contributed by atoms with van der Waals surface area (Å²) in [6.07, 6.45) is 2.10. The third-order valence-corrected chi connectivity index (χ3v) is 4.55. The van der Waals surface area contributed by atoms with Gasteiger partial charge in [-0.1, -0.05) is 13.8 Å². The summed E-state index contributed by atoms with van der Waals surface area (Å²) in [6, 6.07) is 0. The van der Waals surface area contributed by atoms with E-state index in [4.69, 9.17) is 4.74 Å². The number of carbonyl (C=O) groups is 1. The van der Waals surface area contributed by atoms with E-state index in [0.29, 0.717) is 17.7 Å². The molecular formula is C13H25N3O2S. The highest BCUT2D eigenvalue weighted by Crippen LogP contribution is 2.24. The van der Waals surface area contributed by atoms with Gasteiger partial charge in [-0.15, -0.1) is 0 Å². The number of hydrogen-bond acceptors (Lipinski definition) is 4. The summed E-state index contributed by atoms with van der Waals surface area (Å²) in [5.74, 6) is 0.993. The minimum absolute atomic E-state index is 0.0541. The molecule has 0 bridgehead atoms. The third kappa shape index (κ3) is 4.30. The number of ether oxygens (including phenoxy) is 1. The van der Waals surface area contributed by atoms with E-state index in [9.17, 15) is 4.79 Å². The van der Waals surface area contributed by atoms with Crippen LogP contribution in [0.25, 0.3) is 0 Å². The first-order valence-electron chi connectivity index (χ1n) is 6.59. The van der Waals surface area contributed by atoms with Crippen LogP contribution in [0, 0.1) is 11.8 Å². The van der Waals surface area contributed by atoms with Crippen molar-refractivity contribution in [3.05, 3.63) is 0 Å². The van der Waals surface area contributed by atoms with Crippen LogP contribution in [0.1, 0.15) is 13.8 Å². The van der Waals surface area contributed by atoms with Crippen LogP contribution in [-0.4, -0.2) is 62.1 Å². The predicted molar refractivity (Wildman–Crippen MR) is 80.6 cm³/mol. The van der Waals surface area contributed by atoms with Gasteiger partial charge in [-0.3, -0.25) is 9.79 Å². The summed E-state index contributed by atoms with van der Waals surface area (Å²) in [7, 11) is 3.23. The summed E-state index contributed by atoms with van der Waals surface area (Å²) >= 11 is 1.82. The highest BCUT2D eigenvalue weighted by Gasteiger charge is 2.36. The van der Waals surface area contributed by atoms with Crippen molar-refractivity contribution in [3.63, 3.8) is 0 Å². The monoisotopic (exact) mass is 287 g/mol. The fourth-order valence-electron chi connectivity index (χ4n) is 2.25. The summed E-state index contributed by atoms with van der Waals surface area (Å²) in [4.78, 5) is 18.1. The van der Waals surface area contributed by atoms with Gasteiger partial charge in [-0.05, 0) is 12.2 Å². The van der Waals surface area contributed by atoms with E-state index >= 15 is 0 Å². The first-order valence-corrected chi connectivity index (χ1v) is 7.88. The third-order valence-electron chi connectivity index (χ3n) is 3.58. The van der Waals surface area contributed by atoms with Crippen molar-refractivity contribution in [1.29, 1.82) is 0 Å². The van der Waals surface area contributed by atoms with Gasteiger partial charge < -0.3 is 15.0 Å². The Morgan fingerprint density at radius 3 is 2.79 bits per heavy atom. The van der Waals surface area contributed by atoms with Crippen LogP contribution in [-0.2, 0) is 9.53 Å². The van der Waals surface area contributed by atoms with Crippen LogP contribution in [0.2, 0.25) is 0 Å². The smallest absolute Gasteiger partial charge is 0.310 e. The molecule has 0 spiro atoms. The summed E-state index contributed by atoms with van der Waals surface area (Å²) in [5.41, 5.74) is 0. The van der Waals surface area contributed by atoms with Crippen LogP contribution in [0.5, 0.6) is 0 Å². The molecule has 1 heterocycles. The Balaban J connectivity index is 2.57. The first-order chi connectivity index (χ1) is 9.03. The van der Waals surface area contributed by atoms with E-state index < -0.39 is 0 Å². The van der Waals surface area contributed by atoms with Crippen molar-refractivity contribution in [2.75, 3.05) is 40.0 Å². The molecule has 0 saturated carbocycles. The standard InChI is InChI=1S/C13H25N3O2S/c1-9-7-16(8-11(9)12(17)18-4)13(14-3)15-6-10(2)19-5/h9-11H,6-8H2,1-5H3,(H,14,15). The van der Waals surface area contributed by atoms with Crippen molar-refractivity contribution < 1.29 is 9.53 Å². The summed E-state index contributed by atoms with van der Waals surface area (Å²) < 4.78 is 4.85. The number of hydrogen-bond donors (Lipinski definition) is 1. The van der Waals surface area contributed by atoms with Crippen LogP contribution in [0.3, 0.4) is 0 Å². The van der Waals surface area contributed by atoms with Crippen molar-refractivity contribution in [3.8, 4) is 0 Å². The van der Waals surface area contributed by atoms with E-state index in [1.54, 1.807) is 7.05 Å². The predicted octanol–water partition coefficient (Wildman–Crippen LogP) is 1.05. The van der Waals surface area contributed by atoms with E-state index in [0.717, 1.165) is 19.0 Å². The molecule has 1 N–H and O–H groups in total. The number of nitrogens with zero attached hydrogens (tertiary/aromatic N) is 2. The lowest BCUT2D eigenvalue weighted by molar-refractivity contribution is -0.145. The maximum absolute atomic E-state index is 11.7. The number of aliphatic imine (C=N–C) groups is 1. The Labute approximate surface area is 120 Å². The largest absolute Gasteiger partial charge is 0.469 e. The van der Waals surface area contributed by atoms with Crippen LogP contribution >= 0.6 is 11.8 Å². The fraction of sp³-hybridized carbons (Fsp3) is 0.846. The average Bonchev–Trinajstić information content (AvgIpc) is 2.80. The second-order valence-corrected chi connectivity index (χ2v) is 6.26. The molecule has 0 aromatic heterocycles. The van der Waals surface area contributed by atoms with E-state index in [1.807, 2.05) is 11.8 Å². The van der Waals surface area contributed by atoms with Crippen LogP contribution in [0.4, 0.5) is 0 Å². The highest BCUT2D eigenvalue weighted by molar-refractivity contribution is 7.99. The Morgan fingerprint density at radius 2 is 2.26 bits per heavy atom. The molecule has 0 amide bonds. The maximum atomic E-state index is 11.7. The number of methoxy groups -OCH3 is 1. The molecule has 19 heavy (non-hydrogen) atoms. The number of esters is 1. The molecule has 0 aliphatic carbocycles. The van der Waals surface area contributed by atoms with Gasteiger partial charge in [0.15, 0.2) is 5.96 Å². The molecule has 110 valence electrons. The van der Waals surface area contributed by atoms with Gasteiger partial charge in [0.05, 0.1) is 13.0 Å². The quantitative estimate of drug-likeness (QED) is 0.476. The lowest BCUT2D eigenvalue weighted by Gasteiger charge is -2.22. The maximum Gasteiger partial charge on any atom is 0.310 e. The van der Waals surface area contributed by atoms with E-state index in [1.165, 1.54) is 7.11 Å². The topological polar surface area (TPSA) is 53.9 Å². The van der Waals surface area contributed by atoms with Gasteiger partial charge in [-0.2, -0.15) is 11.8 Å². The van der Waals surface area contributed by atoms with Crippen molar-refractivity contribution in [2.45, 2.75) is 19.1 Å². The molecule has 1 aliphatic heterocycles. The lowest BCUT2D eigenvalue weighted by Crippen LogP contribution is -2.42. The van der Waals surface area contributed by atoms with Gasteiger partial charge in [-0.25, -0.2) is 0 Å². The molecule has 1 aliphatic rings. The first kappa shape index (κ1) is 16.1. The van der Waals surface area contributed by atoms with E-state index in [2.05, 4.69) is 35.3 Å². The number of likely N-dealkylation sites (tertiary alicyclic amines) is 1. The molecule has 0 radical (unpaired) electrons. The summed E-state index contributed by atoms with van der Waals surface area (Å²) in [5, 5.41) is 3.90. The zero-order chi connectivity index (χ0) is 14.4. The molecule has 1 fully saturated rings. The molecule has 6 heteroatoms. The Hall–Kier alpha value is -0.910. The molecule has 5 nitrogen and oxygen atoms in total. The number of carbonyl (C=O) groups excluding carboxylic acids is 1. The van der Waals surface area contributed by atoms with Gasteiger partial charge in [0.1, 0.15) is 0 Å². The van der Waals surface area contributed by atoms with Crippen molar-refractivity contribution in [2.24, 2.45) is 16.8 Å². The second kappa shape index (κ2) is 7.62. The molecule has 1 saturated heterocycles. The number of rotatable bonds is 4.